The molecule has 0 saturated carbocycles. The van der Waals surface area contributed by atoms with Crippen LogP contribution in [0.15, 0.2) is 73.1 Å². The molecule has 26 heavy (non-hydrogen) atoms. The number of nitrogens with zero attached hydrogens (tertiary/aromatic N) is 3. The summed E-state index contributed by atoms with van der Waals surface area (Å²) in [4.78, 5) is 4.26. The lowest BCUT2D eigenvalue weighted by molar-refractivity contribution is 1.12. The van der Waals surface area contributed by atoms with E-state index in [1.165, 1.54) is 0 Å². The molecule has 0 fully saturated rings. The number of nitriles is 1. The van der Waals surface area contributed by atoms with Crippen molar-refractivity contribution in [2.24, 2.45) is 0 Å². The highest BCUT2D eigenvalue weighted by molar-refractivity contribution is 5.88. The van der Waals surface area contributed by atoms with Crippen LogP contribution in [0, 0.1) is 30.1 Å². The SMILES string of the molecule is Cc1cc(C#N)cc(-n2cc(C#Cc3ccccn3)c3ccccc32)c1. The van der Waals surface area contributed by atoms with Crippen molar-refractivity contribution < 1.29 is 0 Å². The van der Waals surface area contributed by atoms with Crippen LogP contribution in [0.2, 0.25) is 0 Å². The first kappa shape index (κ1) is 15.7. The van der Waals surface area contributed by atoms with Crippen LogP contribution in [0.25, 0.3) is 16.6 Å². The molecule has 0 N–H and O–H groups in total. The quantitative estimate of drug-likeness (QED) is 0.478. The van der Waals surface area contributed by atoms with E-state index in [-0.39, 0.29) is 0 Å². The van der Waals surface area contributed by atoms with Gasteiger partial charge >= 0.3 is 0 Å². The Hall–Kier alpha value is -3.82. The van der Waals surface area contributed by atoms with E-state index in [1.807, 2.05) is 55.6 Å². The van der Waals surface area contributed by atoms with Crippen molar-refractivity contribution in [3.8, 4) is 23.6 Å². The zero-order chi connectivity index (χ0) is 17.9. The van der Waals surface area contributed by atoms with Crippen LogP contribution in [-0.2, 0) is 0 Å². The maximum atomic E-state index is 9.27. The Kier molecular flexibility index (Phi) is 3.98. The molecular formula is C23H15N3. The molecule has 2 heterocycles. The van der Waals surface area contributed by atoms with Gasteiger partial charge in [-0.2, -0.15) is 5.26 Å². The zero-order valence-electron chi connectivity index (χ0n) is 14.3. The molecule has 0 atom stereocenters. The first-order chi connectivity index (χ1) is 12.7. The van der Waals surface area contributed by atoms with Crippen molar-refractivity contribution in [2.75, 3.05) is 0 Å². The highest BCUT2D eigenvalue weighted by atomic mass is 15.0. The predicted molar refractivity (Wildman–Crippen MR) is 103 cm³/mol. The fraction of sp³-hybridized carbons (Fsp3) is 0.0435. The van der Waals surface area contributed by atoms with E-state index < -0.39 is 0 Å². The van der Waals surface area contributed by atoms with Gasteiger partial charge in [-0.25, -0.2) is 4.98 Å². The molecule has 2 aromatic heterocycles. The summed E-state index contributed by atoms with van der Waals surface area (Å²) in [6.45, 7) is 2.00. The number of pyridine rings is 1. The number of benzene rings is 2. The van der Waals surface area contributed by atoms with Crippen molar-refractivity contribution in [1.29, 1.82) is 5.26 Å². The molecule has 3 heteroatoms. The third-order valence-corrected chi connectivity index (χ3v) is 4.17. The van der Waals surface area contributed by atoms with Gasteiger partial charge in [0, 0.05) is 23.5 Å². The summed E-state index contributed by atoms with van der Waals surface area (Å²) in [7, 11) is 0. The van der Waals surface area contributed by atoms with Crippen LogP contribution in [0.5, 0.6) is 0 Å². The lowest BCUT2D eigenvalue weighted by Gasteiger charge is -2.07. The molecule has 0 aliphatic heterocycles. The monoisotopic (exact) mass is 333 g/mol. The van der Waals surface area contributed by atoms with Gasteiger partial charge in [0.2, 0.25) is 0 Å². The van der Waals surface area contributed by atoms with Crippen molar-refractivity contribution in [2.45, 2.75) is 6.92 Å². The Morgan fingerprint density at radius 1 is 0.962 bits per heavy atom. The van der Waals surface area contributed by atoms with E-state index in [1.54, 1.807) is 6.20 Å². The molecule has 0 saturated heterocycles. The molecule has 0 radical (unpaired) electrons. The smallest absolute Gasteiger partial charge is 0.113 e. The fourth-order valence-corrected chi connectivity index (χ4v) is 3.03. The zero-order valence-corrected chi connectivity index (χ0v) is 14.3. The summed E-state index contributed by atoms with van der Waals surface area (Å²) >= 11 is 0. The maximum absolute atomic E-state index is 9.27. The molecule has 0 bridgehead atoms. The van der Waals surface area contributed by atoms with Gasteiger partial charge in [-0.1, -0.05) is 30.2 Å². The molecule has 4 aromatic rings. The molecule has 4 rings (SSSR count). The summed E-state index contributed by atoms with van der Waals surface area (Å²) in [5.74, 6) is 6.36. The number of aryl methyl sites for hydroxylation is 1. The van der Waals surface area contributed by atoms with Crippen LogP contribution in [-0.4, -0.2) is 9.55 Å². The first-order valence-corrected chi connectivity index (χ1v) is 8.30. The van der Waals surface area contributed by atoms with Gasteiger partial charge in [0.15, 0.2) is 0 Å². The maximum Gasteiger partial charge on any atom is 0.113 e. The summed E-state index contributed by atoms with van der Waals surface area (Å²) in [5.41, 5.74) is 5.41. The second kappa shape index (κ2) is 6.59. The Labute approximate surface area is 152 Å². The molecule has 3 nitrogen and oxygen atoms in total. The highest BCUT2D eigenvalue weighted by Crippen LogP contribution is 2.25. The first-order valence-electron chi connectivity index (χ1n) is 8.30. The number of para-hydroxylation sites is 1. The van der Waals surface area contributed by atoms with Gasteiger partial charge in [0.05, 0.1) is 22.7 Å². The molecule has 0 spiro atoms. The number of rotatable bonds is 1. The van der Waals surface area contributed by atoms with E-state index in [0.717, 1.165) is 33.4 Å². The van der Waals surface area contributed by atoms with Crippen LogP contribution >= 0.6 is 0 Å². The molecule has 0 amide bonds. The Morgan fingerprint density at radius 2 is 1.81 bits per heavy atom. The average Bonchev–Trinajstić information content (AvgIpc) is 3.05. The van der Waals surface area contributed by atoms with Crippen molar-refractivity contribution >= 4 is 10.9 Å². The van der Waals surface area contributed by atoms with Crippen LogP contribution in [0.1, 0.15) is 22.4 Å². The summed E-state index contributed by atoms with van der Waals surface area (Å²) in [6, 6.07) is 21.9. The van der Waals surface area contributed by atoms with E-state index in [4.69, 9.17) is 0 Å². The highest BCUT2D eigenvalue weighted by Gasteiger charge is 2.09. The third-order valence-electron chi connectivity index (χ3n) is 4.17. The number of fused-ring (bicyclic) bond motifs is 1. The summed E-state index contributed by atoms with van der Waals surface area (Å²) < 4.78 is 2.09. The molecule has 0 aliphatic carbocycles. The number of aromatic nitrogens is 2. The van der Waals surface area contributed by atoms with Gasteiger partial charge in [-0.05, 0) is 54.8 Å². The normalized spacial score (nSPS) is 10.2. The minimum Gasteiger partial charge on any atom is -0.315 e. The minimum atomic E-state index is 0.652. The molecular weight excluding hydrogens is 318 g/mol. The van der Waals surface area contributed by atoms with Gasteiger partial charge in [-0.3, -0.25) is 0 Å². The molecule has 2 aromatic carbocycles. The van der Waals surface area contributed by atoms with Gasteiger partial charge in [0.1, 0.15) is 5.69 Å². The largest absolute Gasteiger partial charge is 0.315 e. The third kappa shape index (κ3) is 2.95. The fourth-order valence-electron chi connectivity index (χ4n) is 3.03. The second-order valence-electron chi connectivity index (χ2n) is 6.06. The van der Waals surface area contributed by atoms with E-state index in [0.29, 0.717) is 5.56 Å². The lowest BCUT2D eigenvalue weighted by Crippen LogP contribution is -1.93. The van der Waals surface area contributed by atoms with E-state index in [2.05, 4.69) is 45.7 Å². The molecule has 122 valence electrons. The standard InChI is InChI=1S/C23H15N3/c1-17-12-18(15-24)14-21(13-17)26-16-19(22-7-2-3-8-23(22)26)9-10-20-6-4-5-11-25-20/h2-8,11-14,16H,1H3. The van der Waals surface area contributed by atoms with Crippen molar-refractivity contribution in [3.63, 3.8) is 0 Å². The number of hydrogen-bond donors (Lipinski definition) is 0. The minimum absolute atomic E-state index is 0.652. The summed E-state index contributed by atoms with van der Waals surface area (Å²) in [6.07, 6.45) is 3.76. The second-order valence-corrected chi connectivity index (χ2v) is 6.06. The molecule has 0 aliphatic rings. The average molecular weight is 333 g/mol. The Balaban J connectivity index is 1.89. The van der Waals surface area contributed by atoms with E-state index >= 15 is 0 Å². The topological polar surface area (TPSA) is 41.6 Å². The van der Waals surface area contributed by atoms with Crippen molar-refractivity contribution in [3.05, 3.63) is 95.4 Å². The predicted octanol–water partition coefficient (Wildman–Crippen LogP) is 4.61. The van der Waals surface area contributed by atoms with Crippen LogP contribution in [0.3, 0.4) is 0 Å². The molecule has 0 unspecified atom stereocenters. The van der Waals surface area contributed by atoms with Crippen LogP contribution < -0.4 is 0 Å². The Bertz CT molecular complexity index is 1200. The summed E-state index contributed by atoms with van der Waals surface area (Å²) in [5, 5.41) is 10.4. The van der Waals surface area contributed by atoms with Gasteiger partial charge < -0.3 is 4.57 Å². The van der Waals surface area contributed by atoms with Crippen molar-refractivity contribution in [1.82, 2.24) is 9.55 Å². The lowest BCUT2D eigenvalue weighted by atomic mass is 10.1. The van der Waals surface area contributed by atoms with Crippen LogP contribution in [0.4, 0.5) is 0 Å². The Morgan fingerprint density at radius 3 is 2.62 bits per heavy atom. The van der Waals surface area contributed by atoms with Gasteiger partial charge in [0.25, 0.3) is 0 Å². The van der Waals surface area contributed by atoms with Gasteiger partial charge in [-0.15, -0.1) is 0 Å². The number of hydrogen-bond acceptors (Lipinski definition) is 2. The van der Waals surface area contributed by atoms with E-state index in [9.17, 15) is 5.26 Å².